The largest absolute Gasteiger partial charge is 0.351 e. The molecular formula is C26H35N5O3. The van der Waals surface area contributed by atoms with Crippen molar-refractivity contribution in [3.63, 3.8) is 0 Å². The number of rotatable bonds is 8. The summed E-state index contributed by atoms with van der Waals surface area (Å²) < 4.78 is 1.52. The Morgan fingerprint density at radius 1 is 1.12 bits per heavy atom. The molecule has 1 aromatic heterocycles. The zero-order valence-electron chi connectivity index (χ0n) is 20.4. The van der Waals surface area contributed by atoms with E-state index in [1.807, 2.05) is 19.1 Å². The van der Waals surface area contributed by atoms with Crippen molar-refractivity contribution in [2.45, 2.75) is 84.0 Å². The van der Waals surface area contributed by atoms with Gasteiger partial charge in [0, 0.05) is 25.2 Å². The molecule has 1 atom stereocenters. The molecule has 2 aromatic rings. The van der Waals surface area contributed by atoms with Crippen molar-refractivity contribution in [2.24, 2.45) is 0 Å². The first-order valence-electron chi connectivity index (χ1n) is 12.4. The van der Waals surface area contributed by atoms with Crippen molar-refractivity contribution in [3.8, 4) is 0 Å². The average molecular weight is 466 g/mol. The third-order valence-electron chi connectivity index (χ3n) is 7.04. The monoisotopic (exact) mass is 465 g/mol. The maximum Gasteiger partial charge on any atom is 0.273 e. The summed E-state index contributed by atoms with van der Waals surface area (Å²) in [6, 6.07) is 9.80. The lowest BCUT2D eigenvalue weighted by Gasteiger charge is -2.43. The molecule has 1 aromatic carbocycles. The summed E-state index contributed by atoms with van der Waals surface area (Å²) in [4.78, 5) is 41.2. The minimum atomic E-state index is -1.05. The normalized spacial score (nSPS) is 20.3. The molecule has 182 valence electrons. The van der Waals surface area contributed by atoms with Gasteiger partial charge in [0.25, 0.3) is 11.8 Å². The van der Waals surface area contributed by atoms with E-state index in [0.717, 1.165) is 44.1 Å². The second kappa shape index (κ2) is 9.99. The van der Waals surface area contributed by atoms with Crippen LogP contribution in [0.5, 0.6) is 0 Å². The van der Waals surface area contributed by atoms with Gasteiger partial charge in [-0.1, -0.05) is 51.0 Å². The van der Waals surface area contributed by atoms with Crippen LogP contribution in [0.3, 0.4) is 0 Å². The van der Waals surface area contributed by atoms with Crippen molar-refractivity contribution >= 4 is 17.7 Å². The second-order valence-corrected chi connectivity index (χ2v) is 9.61. The molecule has 2 aliphatic rings. The van der Waals surface area contributed by atoms with Crippen LogP contribution in [0.4, 0.5) is 0 Å². The van der Waals surface area contributed by atoms with Crippen molar-refractivity contribution in [1.29, 1.82) is 0 Å². The fraction of sp³-hybridized carbons (Fsp3) is 0.538. The second-order valence-electron chi connectivity index (χ2n) is 9.61. The lowest BCUT2D eigenvalue weighted by molar-refractivity contribution is -0.133. The number of aromatic nitrogens is 2. The van der Waals surface area contributed by atoms with Crippen LogP contribution in [0, 0.1) is 0 Å². The van der Waals surface area contributed by atoms with Crippen LogP contribution < -0.4 is 10.6 Å². The van der Waals surface area contributed by atoms with Crippen molar-refractivity contribution in [1.82, 2.24) is 25.3 Å². The number of hydrogen-bond acceptors (Lipinski definition) is 4. The number of aryl methyl sites for hydroxylation is 1. The van der Waals surface area contributed by atoms with Gasteiger partial charge in [-0.15, -0.1) is 0 Å². The number of fused-ring (bicyclic) bond motifs is 1. The topological polar surface area (TPSA) is 96.3 Å². The van der Waals surface area contributed by atoms with Gasteiger partial charge in [0.15, 0.2) is 5.69 Å². The lowest BCUT2D eigenvalue weighted by atomic mass is 9.94. The molecule has 1 aliphatic carbocycles. The molecule has 34 heavy (non-hydrogen) atoms. The van der Waals surface area contributed by atoms with Gasteiger partial charge in [0.05, 0.1) is 6.54 Å². The molecule has 1 fully saturated rings. The maximum atomic E-state index is 13.4. The Labute approximate surface area is 201 Å². The van der Waals surface area contributed by atoms with Crippen LogP contribution in [-0.2, 0) is 24.3 Å². The highest BCUT2D eigenvalue weighted by Gasteiger charge is 2.48. The van der Waals surface area contributed by atoms with Gasteiger partial charge >= 0.3 is 0 Å². The fourth-order valence-electron chi connectivity index (χ4n) is 4.90. The molecular weight excluding hydrogens is 430 g/mol. The highest BCUT2D eigenvalue weighted by atomic mass is 16.2. The standard InChI is InChI=1S/C26H35N5O3/c1-4-14-30-24(33)22-15-21(23(32)27-16-19-12-10-18(5-2)11-13-19)29-31(22)17-26(30,3)25(34)28-20-8-6-7-9-20/h10-13,15,20H,4-9,14,16-17H2,1-3H3,(H,27,32)(H,28,34)/t26-/m0/s1. The smallest absolute Gasteiger partial charge is 0.273 e. The SMILES string of the molecule is CCCN1C(=O)c2cc(C(=O)NCc3ccc(CC)cc3)nn2C[C@@]1(C)C(=O)NC1CCCC1. The summed E-state index contributed by atoms with van der Waals surface area (Å²) in [5.74, 6) is -0.754. The molecule has 1 aliphatic heterocycles. The molecule has 3 amide bonds. The Kier molecular flexibility index (Phi) is 7.05. The first-order chi connectivity index (χ1) is 16.4. The van der Waals surface area contributed by atoms with E-state index in [-0.39, 0.29) is 36.0 Å². The molecule has 0 unspecified atom stereocenters. The molecule has 1 saturated carbocycles. The van der Waals surface area contributed by atoms with Gasteiger partial charge in [-0.25, -0.2) is 0 Å². The summed E-state index contributed by atoms with van der Waals surface area (Å²) in [5, 5.41) is 10.5. The van der Waals surface area contributed by atoms with Gasteiger partial charge in [-0.3, -0.25) is 19.1 Å². The highest BCUT2D eigenvalue weighted by Crippen LogP contribution is 2.29. The summed E-state index contributed by atoms with van der Waals surface area (Å²) in [7, 11) is 0. The van der Waals surface area contributed by atoms with Gasteiger partial charge < -0.3 is 15.5 Å². The molecule has 2 N–H and O–H groups in total. The quantitative estimate of drug-likeness (QED) is 0.626. The number of carbonyl (C=O) groups excluding carboxylic acids is 3. The number of amides is 3. The number of hydrogen-bond donors (Lipinski definition) is 2. The molecule has 2 heterocycles. The molecule has 0 bridgehead atoms. The molecule has 0 saturated heterocycles. The number of nitrogens with one attached hydrogen (secondary N) is 2. The Balaban J connectivity index is 1.51. The van der Waals surface area contributed by atoms with E-state index in [1.54, 1.807) is 11.8 Å². The molecule has 0 radical (unpaired) electrons. The minimum absolute atomic E-state index is 0.149. The van der Waals surface area contributed by atoms with Crippen LogP contribution in [0.1, 0.15) is 85.0 Å². The molecule has 4 rings (SSSR count). The third kappa shape index (κ3) is 4.72. The Morgan fingerprint density at radius 2 is 1.79 bits per heavy atom. The first kappa shape index (κ1) is 24.0. The van der Waals surface area contributed by atoms with Crippen LogP contribution in [0.25, 0.3) is 0 Å². The van der Waals surface area contributed by atoms with Crippen LogP contribution >= 0.6 is 0 Å². The molecule has 8 nitrogen and oxygen atoms in total. The zero-order chi connectivity index (χ0) is 24.3. The highest BCUT2D eigenvalue weighted by molar-refractivity contribution is 6.01. The van der Waals surface area contributed by atoms with Gasteiger partial charge in [-0.05, 0) is 43.7 Å². The van der Waals surface area contributed by atoms with E-state index in [2.05, 4.69) is 34.8 Å². The average Bonchev–Trinajstić information content (AvgIpc) is 3.50. The van der Waals surface area contributed by atoms with Crippen molar-refractivity contribution in [3.05, 3.63) is 52.8 Å². The third-order valence-corrected chi connectivity index (χ3v) is 7.04. The van der Waals surface area contributed by atoms with E-state index in [1.165, 1.54) is 16.3 Å². The zero-order valence-corrected chi connectivity index (χ0v) is 20.4. The predicted molar refractivity (Wildman–Crippen MR) is 129 cm³/mol. The van der Waals surface area contributed by atoms with Crippen molar-refractivity contribution in [2.75, 3.05) is 6.54 Å². The molecule has 8 heteroatoms. The van der Waals surface area contributed by atoms with Gasteiger partial charge in [0.1, 0.15) is 11.2 Å². The van der Waals surface area contributed by atoms with E-state index in [9.17, 15) is 14.4 Å². The lowest BCUT2D eigenvalue weighted by Crippen LogP contribution is -2.65. The Morgan fingerprint density at radius 3 is 2.44 bits per heavy atom. The number of carbonyl (C=O) groups is 3. The summed E-state index contributed by atoms with van der Waals surface area (Å²) in [6.07, 6.45) is 5.88. The van der Waals surface area contributed by atoms with E-state index >= 15 is 0 Å². The fourth-order valence-corrected chi connectivity index (χ4v) is 4.90. The van der Waals surface area contributed by atoms with Gasteiger partial charge in [-0.2, -0.15) is 5.10 Å². The van der Waals surface area contributed by atoms with Crippen LogP contribution in [0.2, 0.25) is 0 Å². The Hall–Kier alpha value is -3.16. The predicted octanol–water partition coefficient (Wildman–Crippen LogP) is 3.06. The van der Waals surface area contributed by atoms with E-state index in [0.29, 0.717) is 18.8 Å². The van der Waals surface area contributed by atoms with Crippen LogP contribution in [-0.4, -0.2) is 50.5 Å². The summed E-state index contributed by atoms with van der Waals surface area (Å²) in [5.41, 5.74) is 1.72. The van der Waals surface area contributed by atoms with Crippen molar-refractivity contribution < 1.29 is 14.4 Å². The number of benzene rings is 1. The summed E-state index contributed by atoms with van der Waals surface area (Å²) in [6.45, 7) is 6.95. The maximum absolute atomic E-state index is 13.4. The van der Waals surface area contributed by atoms with E-state index < -0.39 is 5.54 Å². The number of nitrogens with zero attached hydrogens (tertiary/aromatic N) is 3. The van der Waals surface area contributed by atoms with Crippen LogP contribution in [0.15, 0.2) is 30.3 Å². The van der Waals surface area contributed by atoms with E-state index in [4.69, 9.17) is 0 Å². The molecule has 0 spiro atoms. The van der Waals surface area contributed by atoms with Gasteiger partial charge in [0.2, 0.25) is 5.91 Å². The summed E-state index contributed by atoms with van der Waals surface area (Å²) >= 11 is 0. The first-order valence-corrected chi connectivity index (χ1v) is 12.4. The minimum Gasteiger partial charge on any atom is -0.351 e. The Bertz CT molecular complexity index is 1050.